The minimum absolute atomic E-state index is 0.247. The number of pyridine rings is 1. The number of hydrogen-bond donors (Lipinski definition) is 0. The molecule has 0 spiro atoms. The number of benzene rings is 2. The van der Waals surface area contributed by atoms with Crippen LogP contribution in [0.1, 0.15) is 11.1 Å². The van der Waals surface area contributed by atoms with Crippen molar-refractivity contribution in [1.29, 1.82) is 0 Å². The summed E-state index contributed by atoms with van der Waals surface area (Å²) in [4.78, 5) is 8.87. The molecule has 0 aliphatic rings. The van der Waals surface area contributed by atoms with Gasteiger partial charge in [-0.1, -0.05) is 36.0 Å². The van der Waals surface area contributed by atoms with E-state index < -0.39 is 0 Å². The molecule has 4 aromatic rings. The molecular formula is C20H15F2N3S. The SMILES string of the molecule is Fc1ccc(CSc2nc3ccncc3n2Cc2cccc(F)c2)cc1. The van der Waals surface area contributed by atoms with Gasteiger partial charge in [0, 0.05) is 11.9 Å². The highest BCUT2D eigenvalue weighted by Crippen LogP contribution is 2.27. The summed E-state index contributed by atoms with van der Waals surface area (Å²) in [6.45, 7) is 0.506. The average Bonchev–Trinajstić information content (AvgIpc) is 2.99. The first kappa shape index (κ1) is 16.7. The van der Waals surface area contributed by atoms with Crippen molar-refractivity contribution in [3.8, 4) is 0 Å². The molecule has 0 unspecified atom stereocenters. The van der Waals surface area contributed by atoms with Gasteiger partial charge in [-0.25, -0.2) is 13.8 Å². The summed E-state index contributed by atoms with van der Waals surface area (Å²) in [5.74, 6) is 0.161. The zero-order valence-corrected chi connectivity index (χ0v) is 14.6. The summed E-state index contributed by atoms with van der Waals surface area (Å²) < 4.78 is 28.6. The molecule has 0 aliphatic carbocycles. The predicted octanol–water partition coefficient (Wildman–Crippen LogP) is 5.05. The van der Waals surface area contributed by atoms with Gasteiger partial charge in [-0.05, 0) is 41.5 Å². The van der Waals surface area contributed by atoms with E-state index in [1.165, 1.54) is 24.3 Å². The van der Waals surface area contributed by atoms with Crippen LogP contribution < -0.4 is 0 Å². The molecule has 0 bridgehead atoms. The normalized spacial score (nSPS) is 11.2. The van der Waals surface area contributed by atoms with E-state index >= 15 is 0 Å². The Morgan fingerprint density at radius 2 is 1.77 bits per heavy atom. The number of nitrogens with zero attached hydrogens (tertiary/aromatic N) is 3. The van der Waals surface area contributed by atoms with E-state index in [9.17, 15) is 8.78 Å². The summed E-state index contributed by atoms with van der Waals surface area (Å²) in [5, 5.41) is 0.821. The standard InChI is InChI=1S/C20H15F2N3S/c21-16-6-4-14(5-7-16)13-26-20-24-18-8-9-23-11-19(18)25(20)12-15-2-1-3-17(22)10-15/h1-11H,12-13H2. The van der Waals surface area contributed by atoms with Crippen LogP contribution in [0.15, 0.2) is 72.1 Å². The van der Waals surface area contributed by atoms with Crippen LogP contribution in [0, 0.1) is 11.6 Å². The van der Waals surface area contributed by atoms with Gasteiger partial charge in [-0.3, -0.25) is 4.98 Å². The highest BCUT2D eigenvalue weighted by Gasteiger charge is 2.12. The molecule has 0 radical (unpaired) electrons. The third-order valence-electron chi connectivity index (χ3n) is 4.03. The topological polar surface area (TPSA) is 30.7 Å². The number of aromatic nitrogens is 3. The molecule has 0 atom stereocenters. The van der Waals surface area contributed by atoms with Crippen LogP contribution in [0.5, 0.6) is 0 Å². The van der Waals surface area contributed by atoms with Gasteiger partial charge in [0.05, 0.1) is 23.8 Å². The number of halogens is 2. The Hall–Kier alpha value is -2.73. The van der Waals surface area contributed by atoms with Gasteiger partial charge in [-0.15, -0.1) is 0 Å². The van der Waals surface area contributed by atoms with Crippen molar-refractivity contribution in [3.63, 3.8) is 0 Å². The number of thioether (sulfide) groups is 1. The number of hydrogen-bond acceptors (Lipinski definition) is 3. The molecule has 130 valence electrons. The Kier molecular flexibility index (Phi) is 4.67. The molecule has 0 amide bonds. The van der Waals surface area contributed by atoms with Gasteiger partial charge in [0.25, 0.3) is 0 Å². The second-order valence-corrected chi connectivity index (χ2v) is 6.83. The van der Waals surface area contributed by atoms with Crippen LogP contribution in [0.4, 0.5) is 8.78 Å². The number of imidazole rings is 1. The molecule has 0 fully saturated rings. The molecule has 4 rings (SSSR count). The zero-order chi connectivity index (χ0) is 17.9. The van der Waals surface area contributed by atoms with Crippen LogP contribution in [0.2, 0.25) is 0 Å². The highest BCUT2D eigenvalue weighted by molar-refractivity contribution is 7.98. The van der Waals surface area contributed by atoms with Gasteiger partial charge in [0.1, 0.15) is 11.6 Å². The van der Waals surface area contributed by atoms with Crippen LogP contribution >= 0.6 is 11.8 Å². The molecule has 0 saturated carbocycles. The third kappa shape index (κ3) is 3.60. The summed E-state index contributed by atoms with van der Waals surface area (Å²) in [6, 6.07) is 14.8. The van der Waals surface area contributed by atoms with Crippen LogP contribution in [0.3, 0.4) is 0 Å². The first-order valence-corrected chi connectivity index (χ1v) is 9.09. The number of rotatable bonds is 5. The van der Waals surface area contributed by atoms with Gasteiger partial charge in [-0.2, -0.15) is 0 Å². The molecule has 6 heteroatoms. The van der Waals surface area contributed by atoms with E-state index in [-0.39, 0.29) is 11.6 Å². The fourth-order valence-corrected chi connectivity index (χ4v) is 3.73. The molecule has 2 heterocycles. The molecule has 0 aliphatic heterocycles. The first-order valence-electron chi connectivity index (χ1n) is 8.11. The van der Waals surface area contributed by atoms with Crippen molar-refractivity contribution in [1.82, 2.24) is 14.5 Å². The van der Waals surface area contributed by atoms with Gasteiger partial charge in [0.15, 0.2) is 5.16 Å². The molecule has 2 aromatic carbocycles. The monoisotopic (exact) mass is 367 g/mol. The van der Waals surface area contributed by atoms with Gasteiger partial charge in [0.2, 0.25) is 0 Å². The van der Waals surface area contributed by atoms with Crippen LogP contribution in [-0.4, -0.2) is 14.5 Å². The quantitative estimate of drug-likeness (QED) is 0.463. The van der Waals surface area contributed by atoms with Gasteiger partial charge < -0.3 is 4.57 Å². The molecule has 0 saturated heterocycles. The lowest BCUT2D eigenvalue weighted by Gasteiger charge is -2.09. The maximum atomic E-state index is 13.5. The second kappa shape index (κ2) is 7.25. The summed E-state index contributed by atoms with van der Waals surface area (Å²) in [5.41, 5.74) is 3.62. The molecule has 3 nitrogen and oxygen atoms in total. The van der Waals surface area contributed by atoms with Crippen molar-refractivity contribution < 1.29 is 8.78 Å². The van der Waals surface area contributed by atoms with Crippen molar-refractivity contribution in [2.45, 2.75) is 17.5 Å². The van der Waals surface area contributed by atoms with Crippen molar-refractivity contribution in [2.75, 3.05) is 0 Å². The lowest BCUT2D eigenvalue weighted by atomic mass is 10.2. The van der Waals surface area contributed by atoms with E-state index in [1.54, 1.807) is 42.4 Å². The lowest BCUT2D eigenvalue weighted by molar-refractivity contribution is 0.622. The van der Waals surface area contributed by atoms with E-state index in [1.807, 2.05) is 16.7 Å². The largest absolute Gasteiger partial charge is 0.313 e. The Morgan fingerprint density at radius 1 is 0.923 bits per heavy atom. The first-order chi connectivity index (χ1) is 12.7. The van der Waals surface area contributed by atoms with E-state index in [4.69, 9.17) is 0 Å². The van der Waals surface area contributed by atoms with Crippen LogP contribution in [-0.2, 0) is 12.3 Å². The number of fused-ring (bicyclic) bond motifs is 1. The summed E-state index contributed by atoms with van der Waals surface area (Å²) in [7, 11) is 0. The lowest BCUT2D eigenvalue weighted by Crippen LogP contribution is -2.02. The molecule has 26 heavy (non-hydrogen) atoms. The Labute approximate surface area is 153 Å². The Bertz CT molecular complexity index is 1040. The predicted molar refractivity (Wildman–Crippen MR) is 99.0 cm³/mol. The average molecular weight is 367 g/mol. The van der Waals surface area contributed by atoms with E-state index in [2.05, 4.69) is 9.97 Å². The van der Waals surface area contributed by atoms with Crippen molar-refractivity contribution in [2.24, 2.45) is 0 Å². The maximum absolute atomic E-state index is 13.5. The second-order valence-electron chi connectivity index (χ2n) is 5.89. The molecule has 0 N–H and O–H groups in total. The minimum atomic E-state index is -0.259. The van der Waals surface area contributed by atoms with E-state index in [0.29, 0.717) is 12.3 Å². The third-order valence-corrected chi connectivity index (χ3v) is 5.07. The maximum Gasteiger partial charge on any atom is 0.169 e. The Balaban J connectivity index is 1.65. The molecule has 2 aromatic heterocycles. The Morgan fingerprint density at radius 3 is 2.58 bits per heavy atom. The highest BCUT2D eigenvalue weighted by atomic mass is 32.2. The minimum Gasteiger partial charge on any atom is -0.313 e. The fourth-order valence-electron chi connectivity index (χ4n) is 2.76. The summed E-state index contributed by atoms with van der Waals surface area (Å²) >= 11 is 1.56. The molecular weight excluding hydrogens is 352 g/mol. The van der Waals surface area contributed by atoms with Crippen molar-refractivity contribution in [3.05, 3.63) is 89.8 Å². The zero-order valence-electron chi connectivity index (χ0n) is 13.8. The van der Waals surface area contributed by atoms with Gasteiger partial charge >= 0.3 is 0 Å². The van der Waals surface area contributed by atoms with Crippen molar-refractivity contribution >= 4 is 22.8 Å². The smallest absolute Gasteiger partial charge is 0.169 e. The van der Waals surface area contributed by atoms with Crippen LogP contribution in [0.25, 0.3) is 11.0 Å². The van der Waals surface area contributed by atoms with E-state index in [0.717, 1.165) is 27.3 Å². The summed E-state index contributed by atoms with van der Waals surface area (Å²) in [6.07, 6.45) is 3.47. The fraction of sp³-hybridized carbons (Fsp3) is 0.100.